The average Bonchev–Trinajstić information content (AvgIpc) is 2.35. The van der Waals surface area contributed by atoms with Crippen LogP contribution in [-0.2, 0) is 14.2 Å². The van der Waals surface area contributed by atoms with Gasteiger partial charge in [0.15, 0.2) is 0 Å². The minimum atomic E-state index is 0.552. The highest BCUT2D eigenvalue weighted by atomic mass is 16.5. The van der Waals surface area contributed by atoms with Gasteiger partial charge < -0.3 is 19.5 Å². The number of hydrogen-bond donors (Lipinski definition) is 1. The lowest BCUT2D eigenvalue weighted by Gasteiger charge is -2.22. The Labute approximate surface area is 119 Å². The van der Waals surface area contributed by atoms with Gasteiger partial charge in [0.2, 0.25) is 0 Å². The van der Waals surface area contributed by atoms with E-state index in [1.807, 2.05) is 0 Å². The van der Waals surface area contributed by atoms with E-state index in [1.165, 1.54) is 0 Å². The van der Waals surface area contributed by atoms with Crippen molar-refractivity contribution in [3.8, 4) is 0 Å². The van der Waals surface area contributed by atoms with E-state index in [-0.39, 0.29) is 0 Å². The fraction of sp³-hybridized carbons (Fsp3) is 1.00. The van der Waals surface area contributed by atoms with Crippen LogP contribution in [0.4, 0.5) is 0 Å². The van der Waals surface area contributed by atoms with Crippen LogP contribution in [0.25, 0.3) is 0 Å². The second kappa shape index (κ2) is 12.9. The second-order valence-electron chi connectivity index (χ2n) is 5.57. The molecule has 0 saturated heterocycles. The maximum Gasteiger partial charge on any atom is 0.0701 e. The van der Waals surface area contributed by atoms with E-state index in [4.69, 9.17) is 14.2 Å². The summed E-state index contributed by atoms with van der Waals surface area (Å²) in [5.41, 5.74) is 0. The molecule has 0 aliphatic rings. The number of ether oxygens (including phenoxy) is 3. The highest BCUT2D eigenvalue weighted by Gasteiger charge is 2.13. The average molecular weight is 275 g/mol. The minimum absolute atomic E-state index is 0.552. The van der Waals surface area contributed by atoms with Gasteiger partial charge in [-0.2, -0.15) is 0 Å². The van der Waals surface area contributed by atoms with Gasteiger partial charge in [0.25, 0.3) is 0 Å². The van der Waals surface area contributed by atoms with Crippen molar-refractivity contribution in [3.05, 3.63) is 0 Å². The molecule has 4 heteroatoms. The summed E-state index contributed by atoms with van der Waals surface area (Å²) in [7, 11) is 1.68. The van der Waals surface area contributed by atoms with Gasteiger partial charge in [0.1, 0.15) is 0 Å². The minimum Gasteiger partial charge on any atom is -0.382 e. The summed E-state index contributed by atoms with van der Waals surface area (Å²) in [6, 6.07) is 0.552. The molecule has 19 heavy (non-hydrogen) atoms. The fourth-order valence-electron chi connectivity index (χ4n) is 1.76. The molecule has 0 aromatic rings. The van der Waals surface area contributed by atoms with Crippen molar-refractivity contribution in [2.24, 2.45) is 11.8 Å². The monoisotopic (exact) mass is 275 g/mol. The lowest BCUT2D eigenvalue weighted by atomic mass is 9.92. The number of rotatable bonds is 13. The predicted molar refractivity (Wildman–Crippen MR) is 79.6 cm³/mol. The standard InChI is InChI=1S/C15H33NO3/c1-13(2)15(12-16-14(3)4)6-7-18-10-11-19-9-8-17-5/h13-16H,6-12H2,1-5H3. The largest absolute Gasteiger partial charge is 0.382 e. The zero-order valence-corrected chi connectivity index (χ0v) is 13.4. The zero-order chi connectivity index (χ0) is 14.5. The zero-order valence-electron chi connectivity index (χ0n) is 13.4. The maximum atomic E-state index is 5.61. The van der Waals surface area contributed by atoms with Crippen molar-refractivity contribution in [2.75, 3.05) is 46.7 Å². The van der Waals surface area contributed by atoms with Crippen LogP contribution in [0.1, 0.15) is 34.1 Å². The van der Waals surface area contributed by atoms with Crippen LogP contribution in [0.5, 0.6) is 0 Å². The molecule has 0 bridgehead atoms. The number of hydrogen-bond acceptors (Lipinski definition) is 4. The molecule has 4 nitrogen and oxygen atoms in total. The molecular formula is C15H33NO3. The predicted octanol–water partition coefficient (Wildman–Crippen LogP) is 2.33. The van der Waals surface area contributed by atoms with Crippen molar-refractivity contribution < 1.29 is 14.2 Å². The summed E-state index contributed by atoms with van der Waals surface area (Å²) in [5.74, 6) is 1.37. The summed E-state index contributed by atoms with van der Waals surface area (Å²) in [4.78, 5) is 0. The Kier molecular flexibility index (Phi) is 12.7. The van der Waals surface area contributed by atoms with Crippen LogP contribution < -0.4 is 5.32 Å². The molecule has 0 rings (SSSR count). The Morgan fingerprint density at radius 2 is 1.42 bits per heavy atom. The van der Waals surface area contributed by atoms with Gasteiger partial charge in [-0.05, 0) is 24.8 Å². The topological polar surface area (TPSA) is 39.7 Å². The molecule has 0 aliphatic carbocycles. The smallest absolute Gasteiger partial charge is 0.0701 e. The summed E-state index contributed by atoms with van der Waals surface area (Å²) in [6.45, 7) is 13.4. The third-order valence-electron chi connectivity index (χ3n) is 3.17. The molecule has 0 radical (unpaired) electrons. The molecule has 0 fully saturated rings. The van der Waals surface area contributed by atoms with E-state index < -0.39 is 0 Å². The van der Waals surface area contributed by atoms with E-state index in [0.717, 1.165) is 19.6 Å². The Hall–Kier alpha value is -0.160. The molecule has 0 aromatic heterocycles. The first-order valence-electron chi connectivity index (χ1n) is 7.45. The van der Waals surface area contributed by atoms with E-state index in [9.17, 15) is 0 Å². The molecular weight excluding hydrogens is 242 g/mol. The van der Waals surface area contributed by atoms with Gasteiger partial charge in [0.05, 0.1) is 26.4 Å². The summed E-state index contributed by atoms with van der Waals surface area (Å²) in [6.07, 6.45) is 1.11. The maximum absolute atomic E-state index is 5.61. The first-order chi connectivity index (χ1) is 9.07. The van der Waals surface area contributed by atoms with Gasteiger partial charge in [-0.3, -0.25) is 0 Å². The molecule has 0 amide bonds. The van der Waals surface area contributed by atoms with E-state index >= 15 is 0 Å². The lowest BCUT2D eigenvalue weighted by Crippen LogP contribution is -2.32. The second-order valence-corrected chi connectivity index (χ2v) is 5.57. The molecule has 0 spiro atoms. The van der Waals surface area contributed by atoms with Gasteiger partial charge in [0, 0.05) is 19.8 Å². The third kappa shape index (κ3) is 12.6. The van der Waals surface area contributed by atoms with Crippen LogP contribution in [0, 0.1) is 11.8 Å². The highest BCUT2D eigenvalue weighted by molar-refractivity contribution is 4.67. The van der Waals surface area contributed by atoms with Gasteiger partial charge in [-0.15, -0.1) is 0 Å². The lowest BCUT2D eigenvalue weighted by molar-refractivity contribution is 0.0206. The molecule has 1 atom stereocenters. The fourth-order valence-corrected chi connectivity index (χ4v) is 1.76. The van der Waals surface area contributed by atoms with Crippen LogP contribution in [0.3, 0.4) is 0 Å². The Bertz CT molecular complexity index is 186. The molecule has 1 N–H and O–H groups in total. The Balaban J connectivity index is 3.48. The van der Waals surface area contributed by atoms with Crippen LogP contribution in [0.15, 0.2) is 0 Å². The highest BCUT2D eigenvalue weighted by Crippen LogP contribution is 2.14. The first-order valence-corrected chi connectivity index (χ1v) is 7.45. The summed E-state index contributed by atoms with van der Waals surface area (Å²) < 4.78 is 15.9. The van der Waals surface area contributed by atoms with Crippen LogP contribution >= 0.6 is 0 Å². The van der Waals surface area contributed by atoms with E-state index in [2.05, 4.69) is 33.0 Å². The van der Waals surface area contributed by atoms with E-state index in [0.29, 0.717) is 44.3 Å². The van der Waals surface area contributed by atoms with Crippen LogP contribution in [0.2, 0.25) is 0 Å². The van der Waals surface area contributed by atoms with Crippen molar-refractivity contribution in [1.29, 1.82) is 0 Å². The van der Waals surface area contributed by atoms with Crippen molar-refractivity contribution in [3.63, 3.8) is 0 Å². The summed E-state index contributed by atoms with van der Waals surface area (Å²) >= 11 is 0. The Morgan fingerprint density at radius 3 is 1.95 bits per heavy atom. The third-order valence-corrected chi connectivity index (χ3v) is 3.17. The van der Waals surface area contributed by atoms with Crippen molar-refractivity contribution in [2.45, 2.75) is 40.2 Å². The van der Waals surface area contributed by atoms with Gasteiger partial charge in [-0.25, -0.2) is 0 Å². The molecule has 116 valence electrons. The quantitative estimate of drug-likeness (QED) is 0.524. The molecule has 0 aromatic carbocycles. The SMILES string of the molecule is COCCOCCOCCC(CNC(C)C)C(C)C. The molecule has 1 unspecified atom stereocenters. The number of methoxy groups -OCH3 is 1. The van der Waals surface area contributed by atoms with Gasteiger partial charge in [-0.1, -0.05) is 27.7 Å². The van der Waals surface area contributed by atoms with Crippen molar-refractivity contribution in [1.82, 2.24) is 5.32 Å². The van der Waals surface area contributed by atoms with Gasteiger partial charge >= 0.3 is 0 Å². The molecule has 0 aliphatic heterocycles. The Morgan fingerprint density at radius 1 is 0.842 bits per heavy atom. The molecule has 0 saturated carbocycles. The first kappa shape index (κ1) is 18.8. The van der Waals surface area contributed by atoms with E-state index in [1.54, 1.807) is 7.11 Å². The van der Waals surface area contributed by atoms with Crippen LogP contribution in [-0.4, -0.2) is 52.7 Å². The summed E-state index contributed by atoms with van der Waals surface area (Å²) in [5, 5.41) is 3.51. The number of nitrogens with one attached hydrogen (secondary N) is 1. The van der Waals surface area contributed by atoms with Crippen molar-refractivity contribution >= 4 is 0 Å². The molecule has 0 heterocycles. The normalized spacial score (nSPS) is 13.4.